The standard InChI is InChI=1S/C25H31N5O3/c26-23(27)18-11-9-17(10-12-18)15-30-16-20(33-19-6-2-1-3-7-19)14-22(30)25(32)29-24(31)21-8-4-5-13-28-21/h1-3,6-7,9-12,20-22,28H,4-5,8,13-16H2,(H3,26,27)(H,29,31,32)/t20-,21+,22-/m0/s1. The molecular weight excluding hydrogens is 418 g/mol. The van der Waals surface area contributed by atoms with Crippen LogP contribution in [0.5, 0.6) is 5.75 Å². The van der Waals surface area contributed by atoms with Crippen molar-refractivity contribution in [1.29, 1.82) is 5.41 Å². The van der Waals surface area contributed by atoms with Gasteiger partial charge in [-0.1, -0.05) is 48.9 Å². The highest BCUT2D eigenvalue weighted by Crippen LogP contribution is 2.25. The number of nitrogens with one attached hydrogen (secondary N) is 3. The van der Waals surface area contributed by atoms with Crippen LogP contribution in [-0.4, -0.2) is 53.8 Å². The van der Waals surface area contributed by atoms with Crippen molar-refractivity contribution in [3.63, 3.8) is 0 Å². The second kappa shape index (κ2) is 10.6. The van der Waals surface area contributed by atoms with Crippen LogP contribution in [0.3, 0.4) is 0 Å². The van der Waals surface area contributed by atoms with Crippen LogP contribution in [0.25, 0.3) is 0 Å². The molecule has 174 valence electrons. The van der Waals surface area contributed by atoms with Gasteiger partial charge in [-0.15, -0.1) is 0 Å². The van der Waals surface area contributed by atoms with Crippen LogP contribution in [0.4, 0.5) is 0 Å². The maximum Gasteiger partial charge on any atom is 0.244 e. The zero-order valence-electron chi connectivity index (χ0n) is 18.6. The Hall–Kier alpha value is -3.23. The number of carbonyl (C=O) groups excluding carboxylic acids is 2. The number of para-hydroxylation sites is 1. The molecule has 2 heterocycles. The first kappa shape index (κ1) is 22.9. The molecule has 2 aliphatic rings. The van der Waals surface area contributed by atoms with Gasteiger partial charge in [0.05, 0.1) is 12.1 Å². The van der Waals surface area contributed by atoms with E-state index in [1.54, 1.807) is 12.1 Å². The lowest BCUT2D eigenvalue weighted by molar-refractivity contribution is -0.134. The van der Waals surface area contributed by atoms with Gasteiger partial charge < -0.3 is 15.8 Å². The Morgan fingerprint density at radius 2 is 1.85 bits per heavy atom. The van der Waals surface area contributed by atoms with Gasteiger partial charge >= 0.3 is 0 Å². The minimum atomic E-state index is -0.473. The number of imide groups is 1. The van der Waals surface area contributed by atoms with Crippen molar-refractivity contribution < 1.29 is 14.3 Å². The third-order valence-electron chi connectivity index (χ3n) is 6.24. The number of piperidine rings is 1. The van der Waals surface area contributed by atoms with E-state index >= 15 is 0 Å². The molecule has 2 fully saturated rings. The Balaban J connectivity index is 1.45. The number of ether oxygens (including phenoxy) is 1. The van der Waals surface area contributed by atoms with Crippen molar-refractivity contribution >= 4 is 17.6 Å². The number of benzene rings is 2. The molecule has 0 saturated carbocycles. The van der Waals surface area contributed by atoms with Gasteiger partial charge in [0.2, 0.25) is 11.8 Å². The summed E-state index contributed by atoms with van der Waals surface area (Å²) in [5.74, 6) is 0.243. The van der Waals surface area contributed by atoms with Crippen LogP contribution in [0.15, 0.2) is 54.6 Å². The Morgan fingerprint density at radius 3 is 2.52 bits per heavy atom. The molecule has 0 aromatic heterocycles. The van der Waals surface area contributed by atoms with E-state index in [9.17, 15) is 9.59 Å². The second-order valence-corrected chi connectivity index (χ2v) is 8.70. The largest absolute Gasteiger partial charge is 0.489 e. The molecule has 33 heavy (non-hydrogen) atoms. The first-order valence-corrected chi connectivity index (χ1v) is 11.5. The number of carbonyl (C=O) groups is 2. The number of amides is 2. The average Bonchev–Trinajstić information content (AvgIpc) is 3.22. The smallest absolute Gasteiger partial charge is 0.244 e. The van der Waals surface area contributed by atoms with Crippen molar-refractivity contribution in [2.75, 3.05) is 13.1 Å². The number of amidine groups is 1. The van der Waals surface area contributed by atoms with Crippen molar-refractivity contribution in [2.45, 2.75) is 50.4 Å². The molecule has 2 aromatic carbocycles. The van der Waals surface area contributed by atoms with Crippen LogP contribution < -0.4 is 21.1 Å². The molecule has 0 radical (unpaired) electrons. The topological polar surface area (TPSA) is 121 Å². The molecule has 2 saturated heterocycles. The van der Waals surface area contributed by atoms with Crippen molar-refractivity contribution in [3.8, 4) is 5.75 Å². The molecular formula is C25H31N5O3. The van der Waals surface area contributed by atoms with Crippen LogP contribution in [0.2, 0.25) is 0 Å². The number of nitrogens with zero attached hydrogens (tertiary/aromatic N) is 1. The van der Waals surface area contributed by atoms with Gasteiger partial charge in [-0.3, -0.25) is 25.2 Å². The predicted molar refractivity (Wildman–Crippen MR) is 126 cm³/mol. The van der Waals surface area contributed by atoms with Gasteiger partial charge in [-0.25, -0.2) is 0 Å². The van der Waals surface area contributed by atoms with Crippen molar-refractivity contribution in [3.05, 3.63) is 65.7 Å². The quantitative estimate of drug-likeness (QED) is 0.291. The van der Waals surface area contributed by atoms with Gasteiger partial charge in [0, 0.05) is 25.1 Å². The van der Waals surface area contributed by atoms with Gasteiger partial charge in [0.15, 0.2) is 0 Å². The highest BCUT2D eigenvalue weighted by atomic mass is 16.5. The molecule has 8 nitrogen and oxygen atoms in total. The molecule has 0 bridgehead atoms. The molecule has 8 heteroatoms. The summed E-state index contributed by atoms with van der Waals surface area (Å²) in [6.45, 7) is 1.89. The summed E-state index contributed by atoms with van der Waals surface area (Å²) >= 11 is 0. The van der Waals surface area contributed by atoms with Gasteiger partial charge in [-0.05, 0) is 37.1 Å². The highest BCUT2D eigenvalue weighted by Gasteiger charge is 2.39. The van der Waals surface area contributed by atoms with E-state index in [-0.39, 0.29) is 29.8 Å². The summed E-state index contributed by atoms with van der Waals surface area (Å²) < 4.78 is 6.13. The van der Waals surface area contributed by atoms with Crippen molar-refractivity contribution in [2.24, 2.45) is 5.73 Å². The summed E-state index contributed by atoms with van der Waals surface area (Å²) in [6, 6.07) is 16.2. The Morgan fingerprint density at radius 1 is 1.09 bits per heavy atom. The number of hydrogen-bond acceptors (Lipinski definition) is 6. The van der Waals surface area contributed by atoms with Gasteiger partial charge in [0.1, 0.15) is 17.7 Å². The lowest BCUT2D eigenvalue weighted by Crippen LogP contribution is -2.52. The first-order chi connectivity index (χ1) is 16.0. The Kier molecular flexibility index (Phi) is 7.36. The number of nitrogens with two attached hydrogens (primary N) is 1. The molecule has 0 spiro atoms. The fourth-order valence-electron chi connectivity index (χ4n) is 4.48. The summed E-state index contributed by atoms with van der Waals surface area (Å²) in [6.07, 6.45) is 3.11. The maximum atomic E-state index is 13.1. The highest BCUT2D eigenvalue weighted by molar-refractivity contribution is 6.00. The summed E-state index contributed by atoms with van der Waals surface area (Å²) in [5.41, 5.74) is 7.21. The third kappa shape index (κ3) is 5.97. The Labute approximate surface area is 194 Å². The first-order valence-electron chi connectivity index (χ1n) is 11.5. The Bertz CT molecular complexity index is 973. The lowest BCUT2D eigenvalue weighted by Gasteiger charge is -2.25. The molecule has 4 rings (SSSR count). The maximum absolute atomic E-state index is 13.1. The zero-order valence-corrected chi connectivity index (χ0v) is 18.6. The molecule has 0 aliphatic carbocycles. The fraction of sp³-hybridized carbons (Fsp3) is 0.400. The number of nitrogen functional groups attached to an aromatic ring is 1. The summed E-state index contributed by atoms with van der Waals surface area (Å²) in [4.78, 5) is 27.8. The number of likely N-dealkylation sites (tertiary alicyclic amines) is 1. The molecule has 3 atom stereocenters. The number of hydrogen-bond donors (Lipinski definition) is 4. The minimum absolute atomic E-state index is 0.0196. The fourth-order valence-corrected chi connectivity index (χ4v) is 4.48. The van der Waals surface area contributed by atoms with Crippen LogP contribution in [0, 0.1) is 5.41 Å². The van der Waals surface area contributed by atoms with E-state index in [1.165, 1.54) is 0 Å². The van der Waals surface area contributed by atoms with E-state index < -0.39 is 6.04 Å². The lowest BCUT2D eigenvalue weighted by atomic mass is 10.0. The van der Waals surface area contributed by atoms with E-state index in [4.69, 9.17) is 15.9 Å². The number of rotatable bonds is 7. The second-order valence-electron chi connectivity index (χ2n) is 8.70. The normalized spacial score (nSPS) is 23.1. The summed E-state index contributed by atoms with van der Waals surface area (Å²) in [5, 5.41) is 13.4. The van der Waals surface area contributed by atoms with E-state index in [0.717, 1.165) is 37.1 Å². The summed E-state index contributed by atoms with van der Waals surface area (Å²) in [7, 11) is 0. The molecule has 0 unspecified atom stereocenters. The molecule has 2 amide bonds. The molecule has 2 aromatic rings. The average molecular weight is 450 g/mol. The van der Waals surface area contributed by atoms with Gasteiger partial charge in [-0.2, -0.15) is 0 Å². The van der Waals surface area contributed by atoms with Crippen molar-refractivity contribution in [1.82, 2.24) is 15.5 Å². The van der Waals surface area contributed by atoms with E-state index in [2.05, 4.69) is 10.6 Å². The minimum Gasteiger partial charge on any atom is -0.489 e. The third-order valence-corrected chi connectivity index (χ3v) is 6.24. The molecule has 2 aliphatic heterocycles. The SMILES string of the molecule is N=C(N)c1ccc(CN2C[C@@H](Oc3ccccc3)C[C@H]2C(=O)NC(=O)[C@H]2CCCCN2)cc1. The molecule has 5 N–H and O–H groups in total. The van der Waals surface area contributed by atoms with Crippen LogP contribution in [-0.2, 0) is 16.1 Å². The van der Waals surface area contributed by atoms with Gasteiger partial charge in [0.25, 0.3) is 0 Å². The van der Waals surface area contributed by atoms with Crippen LogP contribution >= 0.6 is 0 Å². The van der Waals surface area contributed by atoms with E-state index in [0.29, 0.717) is 25.1 Å². The predicted octanol–water partition coefficient (Wildman–Crippen LogP) is 1.78. The van der Waals surface area contributed by atoms with E-state index in [1.807, 2.05) is 47.4 Å². The van der Waals surface area contributed by atoms with Crippen LogP contribution in [0.1, 0.15) is 36.8 Å². The zero-order chi connectivity index (χ0) is 23.2. The monoisotopic (exact) mass is 449 g/mol.